The number of allylic oxidation sites excluding steroid dienone is 8. The van der Waals surface area contributed by atoms with Gasteiger partial charge >= 0.3 is 0 Å². The van der Waals surface area contributed by atoms with E-state index in [0.717, 1.165) is 44.9 Å². The number of carbonyl (C=O) groups excluding carboxylic acids is 2. The van der Waals surface area contributed by atoms with E-state index in [1.54, 1.807) is 0 Å². The summed E-state index contributed by atoms with van der Waals surface area (Å²) in [5.74, 6) is 1.88. The van der Waals surface area contributed by atoms with Crippen molar-refractivity contribution < 1.29 is 14.3 Å². The molecule has 0 aromatic heterocycles. The molecule has 4 aliphatic rings. The van der Waals surface area contributed by atoms with Gasteiger partial charge < -0.3 is 4.74 Å². The maximum Gasteiger partial charge on any atom is 0.185 e. The summed E-state index contributed by atoms with van der Waals surface area (Å²) in [6, 6.07) is 16.7. The molecule has 0 atom stereocenters. The second kappa shape index (κ2) is 8.83. The first-order chi connectivity index (χ1) is 20.1. The first kappa shape index (κ1) is 30.6. The van der Waals surface area contributed by atoms with Crippen molar-refractivity contribution in [3.05, 3.63) is 106 Å². The molecular formula is C41H48O3. The van der Waals surface area contributed by atoms with Gasteiger partial charge in [-0.25, -0.2) is 0 Å². The van der Waals surface area contributed by atoms with Gasteiger partial charge in [-0.2, -0.15) is 0 Å². The normalized spacial score (nSPS) is 21.6. The number of carbonyl (C=O) groups is 2. The minimum atomic E-state index is -0.664. The van der Waals surface area contributed by atoms with Gasteiger partial charge in [0, 0.05) is 44.2 Å². The van der Waals surface area contributed by atoms with Crippen LogP contribution >= 0.6 is 0 Å². The molecule has 0 N–H and O–H groups in total. The first-order valence-electron chi connectivity index (χ1n) is 16.0. The molecule has 3 spiro atoms. The largest absolute Gasteiger partial charge is 0.457 e. The molecule has 1 saturated carbocycles. The second-order valence-corrected chi connectivity index (χ2v) is 17.5. The van der Waals surface area contributed by atoms with Crippen LogP contribution in [0.3, 0.4) is 0 Å². The van der Waals surface area contributed by atoms with Crippen LogP contribution < -0.4 is 4.74 Å². The number of hydrogen-bond acceptors (Lipinski definition) is 3. The van der Waals surface area contributed by atoms with Gasteiger partial charge in [0.15, 0.2) is 11.6 Å². The van der Waals surface area contributed by atoms with Crippen molar-refractivity contribution in [3.8, 4) is 11.5 Å². The van der Waals surface area contributed by atoms with Crippen molar-refractivity contribution in [3.63, 3.8) is 0 Å². The van der Waals surface area contributed by atoms with E-state index in [0.29, 0.717) is 0 Å². The van der Waals surface area contributed by atoms with Crippen LogP contribution in [-0.2, 0) is 15.0 Å². The van der Waals surface area contributed by atoms with Crippen LogP contribution in [0.2, 0.25) is 0 Å². The smallest absolute Gasteiger partial charge is 0.185 e. The van der Waals surface area contributed by atoms with Gasteiger partial charge in [0.2, 0.25) is 0 Å². The molecule has 0 radical (unpaired) electrons. The highest BCUT2D eigenvalue weighted by Gasteiger charge is 2.87. The molecule has 0 saturated heterocycles. The van der Waals surface area contributed by atoms with Gasteiger partial charge in [-0.1, -0.05) is 144 Å². The predicted octanol–water partition coefficient (Wildman–Crippen LogP) is 10.1. The summed E-state index contributed by atoms with van der Waals surface area (Å²) < 4.78 is 6.62. The average Bonchev–Trinajstić information content (AvgIpc) is 3.35. The molecule has 6 rings (SSSR count). The van der Waals surface area contributed by atoms with Crippen LogP contribution in [0.5, 0.6) is 11.5 Å². The van der Waals surface area contributed by atoms with E-state index in [2.05, 4.69) is 144 Å². The van der Waals surface area contributed by atoms with E-state index in [9.17, 15) is 9.59 Å². The van der Waals surface area contributed by atoms with E-state index < -0.39 is 16.2 Å². The molecule has 2 aromatic rings. The Balaban J connectivity index is 1.89. The second-order valence-electron chi connectivity index (χ2n) is 17.5. The zero-order valence-corrected chi connectivity index (χ0v) is 28.7. The Kier molecular flexibility index (Phi) is 6.14. The Morgan fingerprint density at radius 3 is 1.00 bits per heavy atom. The van der Waals surface area contributed by atoms with E-state index in [4.69, 9.17) is 4.74 Å². The number of fused-ring (bicyclic) bond motifs is 7. The number of benzene rings is 2. The Labute approximate surface area is 264 Å². The molecule has 44 heavy (non-hydrogen) atoms. The molecule has 0 bridgehead atoms. The fraction of sp³-hybridized carbons (Fsp3) is 0.463. The van der Waals surface area contributed by atoms with E-state index in [1.807, 2.05) is 12.1 Å². The standard InChI is InChI=1S/C41H48O3/c1-35(2,3)27-21-39(22-28(33(27)42)36(4,5)6)40(23-29(37(7,8)9)34(43)30(24-40)38(10,11)12)41(39)25-17-13-15-19-31(25)44-32-20-16-14-18-26(32)41/h13-24H,1-12H3. The maximum absolute atomic E-state index is 14.4. The number of ether oxygens (including phenoxy) is 1. The van der Waals surface area contributed by atoms with E-state index >= 15 is 0 Å². The fourth-order valence-corrected chi connectivity index (χ4v) is 8.23. The fourth-order valence-electron chi connectivity index (χ4n) is 8.23. The predicted molar refractivity (Wildman–Crippen MR) is 179 cm³/mol. The third kappa shape index (κ3) is 3.80. The highest BCUT2D eigenvalue weighted by atomic mass is 16.5. The van der Waals surface area contributed by atoms with Crippen molar-refractivity contribution >= 4 is 11.6 Å². The van der Waals surface area contributed by atoms with Crippen molar-refractivity contribution in [1.82, 2.24) is 0 Å². The molecule has 0 unspecified atom stereocenters. The zero-order valence-electron chi connectivity index (χ0n) is 28.7. The van der Waals surface area contributed by atoms with Crippen LogP contribution in [0.15, 0.2) is 95.1 Å². The molecule has 2 aromatic carbocycles. The summed E-state index contributed by atoms with van der Waals surface area (Å²) in [5.41, 5.74) is 1.97. The number of hydrogen-bond donors (Lipinski definition) is 0. The molecule has 230 valence electrons. The maximum atomic E-state index is 14.4. The van der Waals surface area contributed by atoms with Gasteiger partial charge in [0.1, 0.15) is 11.5 Å². The van der Waals surface area contributed by atoms with Crippen molar-refractivity contribution in [2.45, 2.75) is 88.5 Å². The van der Waals surface area contributed by atoms with Crippen LogP contribution in [0.1, 0.15) is 94.2 Å². The van der Waals surface area contributed by atoms with Gasteiger partial charge in [-0.15, -0.1) is 0 Å². The average molecular weight is 589 g/mol. The third-order valence-corrected chi connectivity index (χ3v) is 10.4. The molecule has 3 heteroatoms. The summed E-state index contributed by atoms with van der Waals surface area (Å²) in [6.07, 6.45) is 9.19. The van der Waals surface area contributed by atoms with Crippen LogP contribution in [0.4, 0.5) is 0 Å². The Morgan fingerprint density at radius 2 is 0.727 bits per heavy atom. The number of para-hydroxylation sites is 2. The van der Waals surface area contributed by atoms with Gasteiger partial charge in [0.05, 0.1) is 5.41 Å². The Hall–Kier alpha value is -3.46. The molecule has 1 aliphatic heterocycles. The summed E-state index contributed by atoms with van der Waals surface area (Å²) in [6.45, 7) is 25.7. The molecule has 3 aliphatic carbocycles. The molecule has 1 heterocycles. The molecule has 1 fully saturated rings. The summed E-state index contributed by atoms with van der Waals surface area (Å²) in [5, 5.41) is 0. The molecular weight excluding hydrogens is 540 g/mol. The van der Waals surface area contributed by atoms with Crippen molar-refractivity contribution in [1.29, 1.82) is 0 Å². The number of rotatable bonds is 0. The monoisotopic (exact) mass is 588 g/mol. The number of ketones is 2. The Bertz CT molecular complexity index is 1540. The quantitative estimate of drug-likeness (QED) is 0.308. The Morgan fingerprint density at radius 1 is 0.455 bits per heavy atom. The lowest BCUT2D eigenvalue weighted by atomic mass is 9.65. The van der Waals surface area contributed by atoms with E-state index in [-0.39, 0.29) is 33.2 Å². The summed E-state index contributed by atoms with van der Waals surface area (Å²) in [4.78, 5) is 28.8. The van der Waals surface area contributed by atoms with Crippen molar-refractivity contribution in [2.75, 3.05) is 0 Å². The lowest BCUT2D eigenvalue weighted by molar-refractivity contribution is -0.115. The topological polar surface area (TPSA) is 43.4 Å². The van der Waals surface area contributed by atoms with Gasteiger partial charge in [-0.3, -0.25) is 9.59 Å². The minimum Gasteiger partial charge on any atom is -0.457 e. The van der Waals surface area contributed by atoms with Crippen molar-refractivity contribution in [2.24, 2.45) is 32.5 Å². The minimum absolute atomic E-state index is 0.119. The SMILES string of the molecule is CC(C)(C)C1=CC2(C=C(C(C)(C)C)C1=O)C1(C=C(C(C)(C)C)C(=O)C(C(C)(C)C)=C1)C21c2ccccc2Oc2ccccc21. The third-order valence-electron chi connectivity index (χ3n) is 10.4. The summed E-state index contributed by atoms with van der Waals surface area (Å²) in [7, 11) is 0. The van der Waals surface area contributed by atoms with Crippen LogP contribution in [0, 0.1) is 32.5 Å². The van der Waals surface area contributed by atoms with Gasteiger partial charge in [0.25, 0.3) is 0 Å². The van der Waals surface area contributed by atoms with Crippen LogP contribution in [-0.4, -0.2) is 11.6 Å². The zero-order chi connectivity index (χ0) is 32.5. The first-order valence-corrected chi connectivity index (χ1v) is 16.0. The lowest BCUT2D eigenvalue weighted by Crippen LogP contribution is -2.33. The van der Waals surface area contributed by atoms with Crippen LogP contribution in [0.25, 0.3) is 0 Å². The molecule has 3 nitrogen and oxygen atoms in total. The molecule has 0 amide bonds. The lowest BCUT2D eigenvalue weighted by Gasteiger charge is -2.37. The van der Waals surface area contributed by atoms with E-state index in [1.165, 1.54) is 0 Å². The summed E-state index contributed by atoms with van der Waals surface area (Å²) >= 11 is 0. The van der Waals surface area contributed by atoms with Gasteiger partial charge in [-0.05, 0) is 33.8 Å². The number of Topliss-reactive ketones (excluding diaryl/α,β-unsaturated/α-hetero) is 2. The highest BCUT2D eigenvalue weighted by molar-refractivity contribution is 6.14. The highest BCUT2D eigenvalue weighted by Crippen LogP contribution is 2.88.